The smallest absolute Gasteiger partial charge is 0.475 e. The Morgan fingerprint density at radius 1 is 1.11 bits per heavy atom. The Labute approximate surface area is 210 Å². The lowest BCUT2D eigenvalue weighted by molar-refractivity contribution is -0.192. The molecule has 12 heteroatoms. The molecular weight excluding hydrogens is 499 g/mol. The maximum absolute atomic E-state index is 13.4. The number of alkyl halides is 3. The van der Waals surface area contributed by atoms with Crippen LogP contribution in [0.2, 0.25) is 0 Å². The molecule has 1 aliphatic heterocycles. The van der Waals surface area contributed by atoms with Crippen LogP contribution in [0.4, 0.5) is 13.2 Å². The molecule has 0 radical (unpaired) electrons. The molecule has 2 fully saturated rings. The van der Waals surface area contributed by atoms with Crippen molar-refractivity contribution in [2.24, 2.45) is 5.92 Å². The summed E-state index contributed by atoms with van der Waals surface area (Å²) >= 11 is 0. The number of aliphatic carboxylic acids is 1. The van der Waals surface area contributed by atoms with Crippen LogP contribution in [0.5, 0.6) is 0 Å². The van der Waals surface area contributed by atoms with E-state index in [1.165, 1.54) is 0 Å². The monoisotopic (exact) mass is 535 g/mol. The van der Waals surface area contributed by atoms with Gasteiger partial charge in [-0.25, -0.2) is 13.2 Å². The van der Waals surface area contributed by atoms with Crippen LogP contribution in [-0.4, -0.2) is 79.5 Å². The fourth-order valence-electron chi connectivity index (χ4n) is 4.37. The molecule has 0 bridgehead atoms. The van der Waals surface area contributed by atoms with Crippen LogP contribution in [-0.2, 0) is 26.0 Å². The molecule has 2 aliphatic rings. The third kappa shape index (κ3) is 9.04. The van der Waals surface area contributed by atoms with Gasteiger partial charge in [-0.05, 0) is 42.9 Å². The van der Waals surface area contributed by atoms with Gasteiger partial charge in [0.15, 0.2) is 0 Å². The molecule has 0 atom stereocenters. The van der Waals surface area contributed by atoms with Gasteiger partial charge in [0.2, 0.25) is 15.9 Å². The second kappa shape index (κ2) is 13.4. The molecule has 1 aliphatic carbocycles. The summed E-state index contributed by atoms with van der Waals surface area (Å²) in [5.74, 6) is -2.17. The van der Waals surface area contributed by atoms with E-state index in [1.54, 1.807) is 16.4 Å². The Balaban J connectivity index is 0.000000572. The molecule has 204 valence electrons. The normalized spacial score (nSPS) is 17.2. The van der Waals surface area contributed by atoms with Crippen molar-refractivity contribution in [1.29, 1.82) is 0 Å². The lowest BCUT2D eigenvalue weighted by Gasteiger charge is -2.31. The predicted octanol–water partition coefficient (Wildman–Crippen LogP) is 3.27. The van der Waals surface area contributed by atoms with Gasteiger partial charge in [-0.15, -0.1) is 0 Å². The fourth-order valence-corrected chi connectivity index (χ4v) is 6.06. The number of rotatable bonds is 8. The standard InChI is InChI=1S/C22H35N3O3S.C2HF3O2/c1-18(2)17-19-7-9-21(10-8-19)29(27,28)25(20-5-3-4-6-20)14-11-22(26)24-15-12-23-13-16-24;3-2(4,5)1(6)7/h7-10,18,20,23H,3-6,11-17H2,1-2H3;(H,6,7). The molecule has 1 saturated heterocycles. The van der Waals surface area contributed by atoms with E-state index in [9.17, 15) is 26.4 Å². The van der Waals surface area contributed by atoms with Crippen molar-refractivity contribution in [2.45, 2.75) is 69.5 Å². The average Bonchev–Trinajstić information content (AvgIpc) is 3.33. The zero-order valence-corrected chi connectivity index (χ0v) is 21.6. The van der Waals surface area contributed by atoms with Gasteiger partial charge in [0.05, 0.1) is 4.90 Å². The zero-order valence-electron chi connectivity index (χ0n) is 20.8. The van der Waals surface area contributed by atoms with Gasteiger partial charge < -0.3 is 15.3 Å². The van der Waals surface area contributed by atoms with Crippen LogP contribution in [0.15, 0.2) is 29.2 Å². The number of carboxylic acids is 1. The van der Waals surface area contributed by atoms with Gasteiger partial charge in [-0.3, -0.25) is 4.79 Å². The van der Waals surface area contributed by atoms with Gasteiger partial charge in [0.25, 0.3) is 0 Å². The molecule has 1 amide bonds. The van der Waals surface area contributed by atoms with E-state index in [0.717, 1.165) is 50.8 Å². The second-order valence-corrected chi connectivity index (χ2v) is 11.4. The molecule has 0 aromatic heterocycles. The minimum absolute atomic E-state index is 0.00571. The molecule has 0 unspecified atom stereocenters. The molecule has 36 heavy (non-hydrogen) atoms. The maximum atomic E-state index is 13.4. The van der Waals surface area contributed by atoms with Gasteiger partial charge in [-0.2, -0.15) is 17.5 Å². The quantitative estimate of drug-likeness (QED) is 0.529. The van der Waals surface area contributed by atoms with Crippen molar-refractivity contribution in [2.75, 3.05) is 32.7 Å². The lowest BCUT2D eigenvalue weighted by Crippen LogP contribution is -2.48. The van der Waals surface area contributed by atoms with E-state index < -0.39 is 22.2 Å². The number of benzene rings is 1. The van der Waals surface area contributed by atoms with Gasteiger partial charge in [-0.1, -0.05) is 38.8 Å². The van der Waals surface area contributed by atoms with Crippen molar-refractivity contribution < 1.29 is 36.3 Å². The first-order chi connectivity index (χ1) is 16.8. The number of hydrogen-bond acceptors (Lipinski definition) is 5. The maximum Gasteiger partial charge on any atom is 0.490 e. The van der Waals surface area contributed by atoms with Crippen molar-refractivity contribution in [3.63, 3.8) is 0 Å². The topological polar surface area (TPSA) is 107 Å². The summed E-state index contributed by atoms with van der Waals surface area (Å²) in [5, 5.41) is 10.4. The summed E-state index contributed by atoms with van der Waals surface area (Å²) in [6, 6.07) is 7.31. The number of carbonyl (C=O) groups is 2. The first-order valence-corrected chi connectivity index (χ1v) is 13.7. The van der Waals surface area contributed by atoms with Crippen molar-refractivity contribution >= 4 is 21.9 Å². The summed E-state index contributed by atoms with van der Waals surface area (Å²) in [7, 11) is -3.61. The zero-order chi connectivity index (χ0) is 26.9. The minimum atomic E-state index is -5.08. The van der Waals surface area contributed by atoms with Crippen LogP contribution < -0.4 is 5.32 Å². The Bertz CT molecular complexity index is 956. The molecule has 1 aromatic carbocycles. The van der Waals surface area contributed by atoms with Gasteiger partial charge >= 0.3 is 12.1 Å². The van der Waals surface area contributed by atoms with Crippen molar-refractivity contribution in [3.8, 4) is 0 Å². The summed E-state index contributed by atoms with van der Waals surface area (Å²) in [4.78, 5) is 23.7. The third-order valence-corrected chi connectivity index (χ3v) is 8.13. The van der Waals surface area contributed by atoms with E-state index in [2.05, 4.69) is 19.2 Å². The number of sulfonamides is 1. The van der Waals surface area contributed by atoms with Crippen molar-refractivity contribution in [3.05, 3.63) is 29.8 Å². The van der Waals surface area contributed by atoms with E-state index in [1.807, 2.05) is 17.0 Å². The summed E-state index contributed by atoms with van der Waals surface area (Å²) < 4.78 is 60.2. The highest BCUT2D eigenvalue weighted by Crippen LogP contribution is 2.29. The highest BCUT2D eigenvalue weighted by molar-refractivity contribution is 7.89. The number of halogens is 3. The van der Waals surface area contributed by atoms with Crippen LogP contribution in [0.3, 0.4) is 0 Å². The predicted molar refractivity (Wildman–Crippen MR) is 129 cm³/mol. The van der Waals surface area contributed by atoms with Crippen LogP contribution in [0.25, 0.3) is 0 Å². The Hall–Kier alpha value is -2.18. The first-order valence-electron chi connectivity index (χ1n) is 12.2. The van der Waals surface area contributed by atoms with E-state index in [-0.39, 0.29) is 24.9 Å². The van der Waals surface area contributed by atoms with Gasteiger partial charge in [0, 0.05) is 45.2 Å². The van der Waals surface area contributed by atoms with Gasteiger partial charge in [0.1, 0.15) is 0 Å². The van der Waals surface area contributed by atoms with E-state index >= 15 is 0 Å². The summed E-state index contributed by atoms with van der Waals surface area (Å²) in [6.07, 6.45) is -0.0303. The highest BCUT2D eigenvalue weighted by Gasteiger charge is 2.38. The fraction of sp³-hybridized carbons (Fsp3) is 0.667. The average molecular weight is 536 g/mol. The molecule has 2 N–H and O–H groups in total. The first kappa shape index (κ1) is 30.0. The number of amides is 1. The molecule has 0 spiro atoms. The van der Waals surface area contributed by atoms with E-state index in [0.29, 0.717) is 23.9 Å². The molecule has 1 saturated carbocycles. The molecule has 3 rings (SSSR count). The Morgan fingerprint density at radius 2 is 1.64 bits per heavy atom. The Morgan fingerprint density at radius 3 is 2.11 bits per heavy atom. The van der Waals surface area contributed by atoms with Crippen molar-refractivity contribution in [1.82, 2.24) is 14.5 Å². The SMILES string of the molecule is CC(C)Cc1ccc(S(=O)(=O)N(CCC(=O)N2CCNCC2)C2CCCC2)cc1.O=C(O)C(F)(F)F. The van der Waals surface area contributed by atoms with Crippen LogP contribution in [0, 0.1) is 5.92 Å². The number of carbonyl (C=O) groups excluding carboxylic acids is 1. The van der Waals surface area contributed by atoms with Crippen LogP contribution >= 0.6 is 0 Å². The molecule has 1 heterocycles. The number of piperazine rings is 1. The number of nitrogens with zero attached hydrogens (tertiary/aromatic N) is 2. The Kier molecular flexibility index (Phi) is 11.2. The van der Waals surface area contributed by atoms with E-state index in [4.69, 9.17) is 9.90 Å². The van der Waals surface area contributed by atoms with Crippen LogP contribution in [0.1, 0.15) is 51.5 Å². The summed E-state index contributed by atoms with van der Waals surface area (Å²) in [5.41, 5.74) is 1.15. The molecule has 8 nitrogen and oxygen atoms in total. The number of carboxylic acid groups (broad SMARTS) is 1. The minimum Gasteiger partial charge on any atom is -0.475 e. The lowest BCUT2D eigenvalue weighted by atomic mass is 10.0. The molecular formula is C24H36F3N3O5S. The number of hydrogen-bond donors (Lipinski definition) is 2. The largest absolute Gasteiger partial charge is 0.490 e. The number of nitrogens with one attached hydrogen (secondary N) is 1. The molecule has 1 aromatic rings. The highest BCUT2D eigenvalue weighted by atomic mass is 32.2. The summed E-state index contributed by atoms with van der Waals surface area (Å²) in [6.45, 7) is 7.59. The second-order valence-electron chi connectivity index (χ2n) is 9.48. The third-order valence-electron chi connectivity index (χ3n) is 6.16.